The van der Waals surface area contributed by atoms with Crippen LogP contribution in [0.25, 0.3) is 0 Å². The summed E-state index contributed by atoms with van der Waals surface area (Å²) in [4.78, 5) is 47.0. The first kappa shape index (κ1) is 21.5. The summed E-state index contributed by atoms with van der Waals surface area (Å²) in [6.07, 6.45) is 4.14. The highest BCUT2D eigenvalue weighted by Crippen LogP contribution is 2.09. The number of nitrogens with zero attached hydrogens (tertiary/aromatic N) is 3. The van der Waals surface area contributed by atoms with Gasteiger partial charge in [-0.05, 0) is 13.3 Å². The molecule has 1 aromatic heterocycles. The second-order valence-corrected chi connectivity index (χ2v) is 6.46. The first-order valence-corrected chi connectivity index (χ1v) is 9.66. The number of aromatic amines is 1. The summed E-state index contributed by atoms with van der Waals surface area (Å²) in [5, 5.41) is 2.65. The molecule has 2 rings (SSSR count). The smallest absolute Gasteiger partial charge is 0.409 e. The number of hydrogen-bond donors (Lipinski definition) is 2. The predicted octanol–water partition coefficient (Wildman–Crippen LogP) is 1.15. The number of carbonyl (C=O) groups excluding carboxylic acids is 3. The third-order valence-electron chi connectivity index (χ3n) is 4.41. The van der Waals surface area contributed by atoms with Gasteiger partial charge >= 0.3 is 12.2 Å². The van der Waals surface area contributed by atoms with Gasteiger partial charge in [0, 0.05) is 38.8 Å². The van der Waals surface area contributed by atoms with E-state index in [4.69, 9.17) is 9.47 Å². The molecular formula is C18H29N5O5. The fourth-order valence-electron chi connectivity index (χ4n) is 2.85. The zero-order valence-corrected chi connectivity index (χ0v) is 16.5. The van der Waals surface area contributed by atoms with Crippen LogP contribution in [0.4, 0.5) is 9.59 Å². The number of hydrogen-bond acceptors (Lipinski definition) is 6. The lowest BCUT2D eigenvalue weighted by atomic mass is 10.1. The van der Waals surface area contributed by atoms with E-state index in [1.54, 1.807) is 22.9 Å². The van der Waals surface area contributed by atoms with Crippen LogP contribution in [0, 0.1) is 0 Å². The predicted molar refractivity (Wildman–Crippen MR) is 101 cm³/mol. The average Bonchev–Trinajstić information content (AvgIpc) is 3.20. The molecule has 3 amide bonds. The molecule has 1 saturated heterocycles. The maximum atomic E-state index is 13.0. The number of aromatic nitrogens is 2. The molecule has 10 heteroatoms. The molecule has 0 radical (unpaired) electrons. The number of H-pyrrole nitrogens is 1. The Labute approximate surface area is 164 Å². The van der Waals surface area contributed by atoms with Crippen molar-refractivity contribution in [2.75, 3.05) is 39.4 Å². The molecule has 156 valence electrons. The van der Waals surface area contributed by atoms with E-state index in [2.05, 4.69) is 15.3 Å². The standard InChI is InChI=1S/C18H29N5O5/c1-3-5-10-28-17(25)21-15(11-14-12-19-13-20-14)16(24)22-6-8-23(9-7-22)18(26)27-4-2/h12-13,15H,3-11H2,1-2H3,(H,19,20)(H,21,25)/t15-/m1/s1. The van der Waals surface area contributed by atoms with Gasteiger partial charge in [0.1, 0.15) is 6.04 Å². The van der Waals surface area contributed by atoms with Crippen molar-refractivity contribution in [2.45, 2.75) is 39.2 Å². The quantitative estimate of drug-likeness (QED) is 0.638. The number of amides is 3. The van der Waals surface area contributed by atoms with Crippen molar-refractivity contribution in [1.82, 2.24) is 25.1 Å². The molecular weight excluding hydrogens is 366 g/mol. The number of nitrogens with one attached hydrogen (secondary N) is 2. The van der Waals surface area contributed by atoms with E-state index < -0.39 is 12.1 Å². The lowest BCUT2D eigenvalue weighted by molar-refractivity contribution is -0.135. The van der Waals surface area contributed by atoms with Crippen LogP contribution in [0.15, 0.2) is 12.5 Å². The Morgan fingerprint density at radius 3 is 2.50 bits per heavy atom. The van der Waals surface area contributed by atoms with Gasteiger partial charge in [-0.15, -0.1) is 0 Å². The van der Waals surface area contributed by atoms with Crippen molar-refractivity contribution in [3.05, 3.63) is 18.2 Å². The molecule has 1 aliphatic heterocycles. The van der Waals surface area contributed by atoms with Gasteiger partial charge in [0.2, 0.25) is 5.91 Å². The van der Waals surface area contributed by atoms with E-state index in [-0.39, 0.29) is 18.4 Å². The summed E-state index contributed by atoms with van der Waals surface area (Å²) in [6.45, 7) is 5.91. The van der Waals surface area contributed by atoms with Gasteiger partial charge in [-0.25, -0.2) is 14.6 Å². The Balaban J connectivity index is 1.94. The Kier molecular flexibility index (Phi) is 8.57. The van der Waals surface area contributed by atoms with E-state index in [9.17, 15) is 14.4 Å². The maximum Gasteiger partial charge on any atom is 0.409 e. The zero-order chi connectivity index (χ0) is 20.4. The number of unbranched alkanes of at least 4 members (excludes halogenated alkanes) is 1. The highest BCUT2D eigenvalue weighted by molar-refractivity contribution is 5.86. The highest BCUT2D eigenvalue weighted by Gasteiger charge is 2.31. The Morgan fingerprint density at radius 2 is 1.89 bits per heavy atom. The van der Waals surface area contributed by atoms with Crippen LogP contribution in [0.2, 0.25) is 0 Å². The average molecular weight is 395 g/mol. The van der Waals surface area contributed by atoms with Crippen LogP contribution >= 0.6 is 0 Å². The van der Waals surface area contributed by atoms with E-state index in [0.29, 0.717) is 45.1 Å². The number of carbonyl (C=O) groups is 3. The number of alkyl carbamates (subject to hydrolysis) is 1. The summed E-state index contributed by atoms with van der Waals surface area (Å²) < 4.78 is 10.1. The minimum atomic E-state index is -0.786. The molecule has 2 N–H and O–H groups in total. The van der Waals surface area contributed by atoms with Gasteiger partial charge < -0.3 is 29.6 Å². The first-order valence-electron chi connectivity index (χ1n) is 9.66. The lowest BCUT2D eigenvalue weighted by Crippen LogP contribution is -2.56. The molecule has 28 heavy (non-hydrogen) atoms. The van der Waals surface area contributed by atoms with E-state index in [0.717, 1.165) is 12.8 Å². The van der Waals surface area contributed by atoms with Crippen molar-refractivity contribution in [1.29, 1.82) is 0 Å². The summed E-state index contributed by atoms with van der Waals surface area (Å²) in [5.41, 5.74) is 0.664. The topological polar surface area (TPSA) is 117 Å². The van der Waals surface area contributed by atoms with Crippen LogP contribution in [0.1, 0.15) is 32.4 Å². The third kappa shape index (κ3) is 6.43. The minimum Gasteiger partial charge on any atom is -0.450 e. The molecule has 10 nitrogen and oxygen atoms in total. The molecule has 0 spiro atoms. The Hall–Kier alpha value is -2.78. The van der Waals surface area contributed by atoms with Gasteiger partial charge in [0.05, 0.1) is 25.2 Å². The van der Waals surface area contributed by atoms with E-state index in [1.165, 1.54) is 6.33 Å². The number of imidazole rings is 1. The second-order valence-electron chi connectivity index (χ2n) is 6.46. The van der Waals surface area contributed by atoms with E-state index >= 15 is 0 Å². The van der Waals surface area contributed by atoms with Crippen LogP contribution in [0.3, 0.4) is 0 Å². The van der Waals surface area contributed by atoms with Crippen LogP contribution in [-0.2, 0) is 20.7 Å². The number of piperazine rings is 1. The molecule has 1 fully saturated rings. The van der Waals surface area contributed by atoms with Crippen molar-refractivity contribution in [3.8, 4) is 0 Å². The fourth-order valence-corrected chi connectivity index (χ4v) is 2.85. The molecule has 0 unspecified atom stereocenters. The van der Waals surface area contributed by atoms with Gasteiger partial charge in [0.15, 0.2) is 0 Å². The van der Waals surface area contributed by atoms with Crippen molar-refractivity contribution >= 4 is 18.1 Å². The highest BCUT2D eigenvalue weighted by atomic mass is 16.6. The van der Waals surface area contributed by atoms with Gasteiger partial charge in [-0.1, -0.05) is 13.3 Å². The SMILES string of the molecule is CCCCOC(=O)N[C@H](Cc1c[nH]cn1)C(=O)N1CCN(C(=O)OCC)CC1. The van der Waals surface area contributed by atoms with Gasteiger partial charge in [-0.2, -0.15) is 0 Å². The largest absolute Gasteiger partial charge is 0.450 e. The normalized spacial score (nSPS) is 15.1. The number of ether oxygens (including phenoxy) is 2. The third-order valence-corrected chi connectivity index (χ3v) is 4.41. The first-order chi connectivity index (χ1) is 13.5. The van der Waals surface area contributed by atoms with Crippen LogP contribution < -0.4 is 5.32 Å². The maximum absolute atomic E-state index is 13.0. The number of rotatable bonds is 8. The van der Waals surface area contributed by atoms with E-state index in [1.807, 2.05) is 6.92 Å². The lowest BCUT2D eigenvalue weighted by Gasteiger charge is -2.35. The zero-order valence-electron chi connectivity index (χ0n) is 16.5. The summed E-state index contributed by atoms with van der Waals surface area (Å²) in [5.74, 6) is -0.223. The fraction of sp³-hybridized carbons (Fsp3) is 0.667. The molecule has 2 heterocycles. The van der Waals surface area contributed by atoms with Crippen molar-refractivity contribution < 1.29 is 23.9 Å². The van der Waals surface area contributed by atoms with Crippen molar-refractivity contribution in [3.63, 3.8) is 0 Å². The molecule has 0 saturated carbocycles. The Morgan fingerprint density at radius 1 is 1.18 bits per heavy atom. The van der Waals surface area contributed by atoms with Crippen molar-refractivity contribution in [2.24, 2.45) is 0 Å². The summed E-state index contributed by atoms with van der Waals surface area (Å²) in [7, 11) is 0. The molecule has 1 aromatic rings. The molecule has 0 aliphatic carbocycles. The molecule has 0 aromatic carbocycles. The molecule has 0 bridgehead atoms. The van der Waals surface area contributed by atoms with Gasteiger partial charge in [-0.3, -0.25) is 4.79 Å². The summed E-state index contributed by atoms with van der Waals surface area (Å²) in [6, 6.07) is -0.786. The second kappa shape index (κ2) is 11.2. The van der Waals surface area contributed by atoms with Crippen LogP contribution in [0.5, 0.6) is 0 Å². The van der Waals surface area contributed by atoms with Crippen LogP contribution in [-0.4, -0.2) is 83.3 Å². The monoisotopic (exact) mass is 395 g/mol. The molecule has 1 aliphatic rings. The van der Waals surface area contributed by atoms with Gasteiger partial charge in [0.25, 0.3) is 0 Å². The molecule has 1 atom stereocenters. The minimum absolute atomic E-state index is 0.223. The Bertz CT molecular complexity index is 628. The summed E-state index contributed by atoms with van der Waals surface area (Å²) >= 11 is 0.